The molecule has 7 heteroatoms. The fraction of sp³-hybridized carbons (Fsp3) is 0.200. The van der Waals surface area contributed by atoms with Gasteiger partial charge in [0, 0.05) is 11.6 Å². The van der Waals surface area contributed by atoms with Gasteiger partial charge in [-0.15, -0.1) is 0 Å². The Morgan fingerprint density at radius 2 is 1.86 bits per heavy atom. The van der Waals surface area contributed by atoms with Crippen molar-refractivity contribution >= 4 is 38.6 Å². The molecule has 0 amide bonds. The lowest BCUT2D eigenvalue weighted by molar-refractivity contribution is 0.616. The van der Waals surface area contributed by atoms with E-state index in [1.54, 1.807) is 29.7 Å². The van der Waals surface area contributed by atoms with Crippen LogP contribution in [-0.2, 0) is 13.1 Å². The number of halogens is 2. The summed E-state index contributed by atoms with van der Waals surface area (Å²) in [6, 6.07) is 8.97. The number of rotatable bonds is 3. The summed E-state index contributed by atoms with van der Waals surface area (Å²) >= 11 is 9.21. The third kappa shape index (κ3) is 2.53. The third-order valence-corrected chi connectivity index (χ3v) is 4.22. The minimum absolute atomic E-state index is 0.281. The highest BCUT2D eigenvalue weighted by molar-refractivity contribution is 9.10. The number of aromatic nitrogens is 3. The molecule has 1 aromatic carbocycles. The van der Waals surface area contributed by atoms with E-state index in [4.69, 9.17) is 11.6 Å². The van der Waals surface area contributed by atoms with E-state index in [1.165, 1.54) is 4.57 Å². The maximum Gasteiger partial charge on any atom is 0.332 e. The number of hydrogen-bond acceptors (Lipinski definition) is 2. The molecule has 0 saturated carbocycles. The maximum absolute atomic E-state index is 12.6. The minimum atomic E-state index is -0.329. The molecule has 0 aliphatic heterocycles. The molecular weight excluding hydrogens is 370 g/mol. The van der Waals surface area contributed by atoms with Gasteiger partial charge in [-0.1, -0.05) is 23.7 Å². The van der Waals surface area contributed by atoms with E-state index in [1.807, 2.05) is 12.1 Å². The van der Waals surface area contributed by atoms with Crippen molar-refractivity contribution in [2.75, 3.05) is 0 Å². The fourth-order valence-corrected chi connectivity index (χ4v) is 3.00. The molecule has 0 aliphatic rings. The van der Waals surface area contributed by atoms with Crippen LogP contribution in [0.15, 0.2) is 44.5 Å². The molecule has 0 saturated heterocycles. The van der Waals surface area contributed by atoms with Crippen molar-refractivity contribution < 1.29 is 0 Å². The van der Waals surface area contributed by atoms with Gasteiger partial charge in [-0.2, -0.15) is 0 Å². The van der Waals surface area contributed by atoms with Crippen LogP contribution in [0.3, 0.4) is 0 Å². The molecule has 1 N–H and O–H groups in total. The Morgan fingerprint density at radius 1 is 1.18 bits per heavy atom. The van der Waals surface area contributed by atoms with Gasteiger partial charge in [-0.3, -0.25) is 13.9 Å². The largest absolute Gasteiger partial charge is 0.335 e. The van der Waals surface area contributed by atoms with Gasteiger partial charge in [0.05, 0.1) is 16.5 Å². The average molecular weight is 383 g/mol. The first kappa shape index (κ1) is 15.1. The molecule has 0 fully saturated rings. The zero-order chi connectivity index (χ0) is 15.9. The lowest BCUT2D eigenvalue weighted by Gasteiger charge is -2.11. The second kappa shape index (κ2) is 5.78. The molecule has 0 spiro atoms. The van der Waals surface area contributed by atoms with Crippen LogP contribution < -0.4 is 11.2 Å². The van der Waals surface area contributed by atoms with Crippen molar-refractivity contribution in [2.24, 2.45) is 0 Å². The van der Waals surface area contributed by atoms with Crippen molar-refractivity contribution in [2.45, 2.75) is 20.0 Å². The van der Waals surface area contributed by atoms with E-state index in [0.29, 0.717) is 33.7 Å². The molecule has 0 bridgehead atoms. The summed E-state index contributed by atoms with van der Waals surface area (Å²) in [5, 5.41) is 1.13. The van der Waals surface area contributed by atoms with Crippen LogP contribution in [0, 0.1) is 0 Å². The zero-order valence-electron chi connectivity index (χ0n) is 11.8. The van der Waals surface area contributed by atoms with Gasteiger partial charge in [0.1, 0.15) is 5.65 Å². The molecule has 2 heterocycles. The highest BCUT2D eigenvalue weighted by Gasteiger charge is 2.14. The third-order valence-electron chi connectivity index (χ3n) is 3.54. The molecule has 0 atom stereocenters. The Bertz CT molecular complexity index is 954. The number of nitrogens with zero attached hydrogens (tertiary/aromatic N) is 2. The SMILES string of the molecule is CCn1c(=O)c2cc(Br)[nH]c2n(Cc2ccc(Cl)cc2)c1=O. The first-order valence-electron chi connectivity index (χ1n) is 6.77. The van der Waals surface area contributed by atoms with E-state index in [9.17, 15) is 9.59 Å². The summed E-state index contributed by atoms with van der Waals surface area (Å²) in [5.74, 6) is 0. The van der Waals surface area contributed by atoms with Gasteiger partial charge in [0.25, 0.3) is 5.56 Å². The summed E-state index contributed by atoms with van der Waals surface area (Å²) in [6.45, 7) is 2.47. The van der Waals surface area contributed by atoms with Crippen LogP contribution in [0.5, 0.6) is 0 Å². The molecule has 5 nitrogen and oxygen atoms in total. The Kier molecular flexibility index (Phi) is 3.97. The van der Waals surface area contributed by atoms with E-state index in [0.717, 1.165) is 5.56 Å². The molecule has 114 valence electrons. The van der Waals surface area contributed by atoms with Crippen molar-refractivity contribution in [1.29, 1.82) is 0 Å². The van der Waals surface area contributed by atoms with Crippen LogP contribution in [0.25, 0.3) is 11.0 Å². The minimum Gasteiger partial charge on any atom is -0.335 e. The lowest BCUT2D eigenvalue weighted by atomic mass is 10.2. The first-order valence-corrected chi connectivity index (χ1v) is 7.94. The van der Waals surface area contributed by atoms with Crippen LogP contribution in [0.1, 0.15) is 12.5 Å². The predicted molar refractivity (Wildman–Crippen MR) is 90.7 cm³/mol. The summed E-state index contributed by atoms with van der Waals surface area (Å²) in [5.41, 5.74) is 0.836. The Labute approximate surface area is 139 Å². The van der Waals surface area contributed by atoms with Crippen LogP contribution in [-0.4, -0.2) is 14.1 Å². The zero-order valence-corrected chi connectivity index (χ0v) is 14.1. The summed E-state index contributed by atoms with van der Waals surface area (Å²) in [7, 11) is 0. The van der Waals surface area contributed by atoms with Crippen molar-refractivity contribution in [3.05, 3.63) is 66.4 Å². The maximum atomic E-state index is 12.6. The smallest absolute Gasteiger partial charge is 0.332 e. The molecule has 0 radical (unpaired) electrons. The van der Waals surface area contributed by atoms with E-state index in [-0.39, 0.29) is 11.2 Å². The quantitative estimate of drug-likeness (QED) is 0.757. The van der Waals surface area contributed by atoms with Crippen LogP contribution >= 0.6 is 27.5 Å². The van der Waals surface area contributed by atoms with Gasteiger partial charge in [-0.25, -0.2) is 4.79 Å². The lowest BCUT2D eigenvalue weighted by Crippen LogP contribution is -2.39. The fourth-order valence-electron chi connectivity index (χ4n) is 2.46. The van der Waals surface area contributed by atoms with Gasteiger partial charge < -0.3 is 4.98 Å². The second-order valence-corrected chi connectivity index (χ2v) is 6.21. The van der Waals surface area contributed by atoms with E-state index < -0.39 is 0 Å². The Hall–Kier alpha value is -1.79. The van der Waals surface area contributed by atoms with Crippen LogP contribution in [0.2, 0.25) is 5.02 Å². The number of fused-ring (bicyclic) bond motifs is 1. The van der Waals surface area contributed by atoms with E-state index >= 15 is 0 Å². The van der Waals surface area contributed by atoms with Gasteiger partial charge in [0.2, 0.25) is 0 Å². The summed E-state index contributed by atoms with van der Waals surface area (Å²) < 4.78 is 3.46. The number of benzene rings is 1. The predicted octanol–water partition coefficient (Wildman–Crippen LogP) is 2.98. The number of nitrogens with one attached hydrogen (secondary N) is 1. The Balaban J connectivity index is 2.25. The molecular formula is C15H13BrClN3O2. The van der Waals surface area contributed by atoms with Crippen LogP contribution in [0.4, 0.5) is 0 Å². The van der Waals surface area contributed by atoms with E-state index in [2.05, 4.69) is 20.9 Å². The Morgan fingerprint density at radius 3 is 2.50 bits per heavy atom. The standard InChI is InChI=1S/C15H13BrClN3O2/c1-2-19-14(21)11-7-12(16)18-13(11)20(15(19)22)8-9-3-5-10(17)6-4-9/h3-7,18H,2,8H2,1H3. The number of aromatic amines is 1. The number of H-pyrrole nitrogens is 1. The first-order chi connectivity index (χ1) is 10.5. The molecule has 2 aromatic heterocycles. The van der Waals surface area contributed by atoms with Crippen molar-refractivity contribution in [3.8, 4) is 0 Å². The highest BCUT2D eigenvalue weighted by atomic mass is 79.9. The van der Waals surface area contributed by atoms with Crippen molar-refractivity contribution in [1.82, 2.24) is 14.1 Å². The molecule has 22 heavy (non-hydrogen) atoms. The van der Waals surface area contributed by atoms with Gasteiger partial charge in [0.15, 0.2) is 0 Å². The molecule has 3 aromatic rings. The topological polar surface area (TPSA) is 59.8 Å². The number of hydrogen-bond donors (Lipinski definition) is 1. The monoisotopic (exact) mass is 381 g/mol. The molecule has 3 rings (SSSR count). The molecule has 0 aliphatic carbocycles. The molecule has 0 unspecified atom stereocenters. The van der Waals surface area contributed by atoms with Crippen molar-refractivity contribution in [3.63, 3.8) is 0 Å². The average Bonchev–Trinajstić information content (AvgIpc) is 2.88. The summed E-state index contributed by atoms with van der Waals surface area (Å²) in [4.78, 5) is 27.9. The highest BCUT2D eigenvalue weighted by Crippen LogP contribution is 2.16. The normalized spacial score (nSPS) is 11.2. The second-order valence-electron chi connectivity index (χ2n) is 4.92. The summed E-state index contributed by atoms with van der Waals surface area (Å²) in [6.07, 6.45) is 0. The van der Waals surface area contributed by atoms with Gasteiger partial charge in [-0.05, 0) is 46.6 Å². The van der Waals surface area contributed by atoms with Gasteiger partial charge >= 0.3 is 5.69 Å².